The van der Waals surface area contributed by atoms with Crippen molar-refractivity contribution < 1.29 is 14.1 Å². The highest BCUT2D eigenvalue weighted by Crippen LogP contribution is 2.07. The van der Waals surface area contributed by atoms with Gasteiger partial charge in [0.2, 0.25) is 0 Å². The Morgan fingerprint density at radius 1 is 1.47 bits per heavy atom. The molecule has 5 heteroatoms. The van der Waals surface area contributed by atoms with Gasteiger partial charge in [-0.3, -0.25) is 0 Å². The first-order chi connectivity index (χ1) is 8.21. The number of nitrogens with zero attached hydrogens (tertiary/aromatic N) is 2. The van der Waals surface area contributed by atoms with E-state index < -0.39 is 5.97 Å². The second-order valence-electron chi connectivity index (χ2n) is 3.28. The first kappa shape index (κ1) is 13.2. The van der Waals surface area contributed by atoms with Gasteiger partial charge in [0, 0.05) is 6.42 Å². The standard InChI is InChI=1S/C12H16N2O3/c1-4-7-9(5-2)8-10-13-11(17-14-10)12(15)16-6-3/h4-5,7H,6,8H2,1-3H3. The number of carbonyl (C=O) groups excluding carboxylic acids is 1. The van der Waals surface area contributed by atoms with Gasteiger partial charge in [-0.2, -0.15) is 4.98 Å². The Kier molecular flexibility index (Phi) is 5.13. The summed E-state index contributed by atoms with van der Waals surface area (Å²) >= 11 is 0. The molecule has 92 valence electrons. The molecule has 0 spiro atoms. The highest BCUT2D eigenvalue weighted by Gasteiger charge is 2.16. The van der Waals surface area contributed by atoms with Crippen LogP contribution in [0.5, 0.6) is 0 Å². The van der Waals surface area contributed by atoms with Crippen molar-refractivity contribution in [3.63, 3.8) is 0 Å². The Labute approximate surface area is 100 Å². The molecule has 17 heavy (non-hydrogen) atoms. The average molecular weight is 236 g/mol. The number of aromatic nitrogens is 2. The number of hydrogen-bond donors (Lipinski definition) is 0. The Balaban J connectivity index is 2.71. The fourth-order valence-corrected chi connectivity index (χ4v) is 1.26. The van der Waals surface area contributed by atoms with Crippen molar-refractivity contribution in [2.24, 2.45) is 0 Å². The van der Waals surface area contributed by atoms with E-state index in [0.29, 0.717) is 12.2 Å². The van der Waals surface area contributed by atoms with Crippen molar-refractivity contribution in [2.45, 2.75) is 27.2 Å². The lowest BCUT2D eigenvalue weighted by Crippen LogP contribution is -2.05. The summed E-state index contributed by atoms with van der Waals surface area (Å²) in [5, 5.41) is 3.73. The van der Waals surface area contributed by atoms with Crippen molar-refractivity contribution in [3.05, 3.63) is 35.5 Å². The molecule has 0 N–H and O–H groups in total. The molecule has 0 saturated carbocycles. The molecule has 1 rings (SSSR count). The molecule has 0 aliphatic heterocycles. The van der Waals surface area contributed by atoms with Crippen LogP contribution in [0.1, 0.15) is 37.3 Å². The number of allylic oxidation sites excluding steroid dienone is 4. The lowest BCUT2D eigenvalue weighted by molar-refractivity contribution is 0.0470. The van der Waals surface area contributed by atoms with E-state index in [9.17, 15) is 4.79 Å². The van der Waals surface area contributed by atoms with Gasteiger partial charge < -0.3 is 9.26 Å². The van der Waals surface area contributed by atoms with Gasteiger partial charge in [-0.05, 0) is 26.3 Å². The quantitative estimate of drug-likeness (QED) is 0.579. The largest absolute Gasteiger partial charge is 0.459 e. The second-order valence-corrected chi connectivity index (χ2v) is 3.28. The maximum Gasteiger partial charge on any atom is 0.397 e. The lowest BCUT2D eigenvalue weighted by atomic mass is 10.1. The highest BCUT2D eigenvalue weighted by atomic mass is 16.6. The molecule has 5 nitrogen and oxygen atoms in total. The van der Waals surface area contributed by atoms with Crippen LogP contribution in [0.25, 0.3) is 0 Å². The van der Waals surface area contributed by atoms with Crippen LogP contribution in [0.3, 0.4) is 0 Å². The van der Waals surface area contributed by atoms with E-state index in [1.807, 2.05) is 32.1 Å². The number of ether oxygens (including phenoxy) is 1. The Bertz CT molecular complexity index is 433. The summed E-state index contributed by atoms with van der Waals surface area (Å²) in [4.78, 5) is 15.3. The summed E-state index contributed by atoms with van der Waals surface area (Å²) in [6.07, 6.45) is 6.38. The van der Waals surface area contributed by atoms with E-state index in [1.54, 1.807) is 6.92 Å². The summed E-state index contributed by atoms with van der Waals surface area (Å²) in [6.45, 7) is 5.87. The molecule has 0 atom stereocenters. The van der Waals surface area contributed by atoms with Gasteiger partial charge >= 0.3 is 11.9 Å². The van der Waals surface area contributed by atoms with Crippen molar-refractivity contribution in [1.29, 1.82) is 0 Å². The van der Waals surface area contributed by atoms with Gasteiger partial charge in [0.15, 0.2) is 5.82 Å². The van der Waals surface area contributed by atoms with Gasteiger partial charge in [0.25, 0.3) is 0 Å². The van der Waals surface area contributed by atoms with Gasteiger partial charge in [-0.15, -0.1) is 0 Å². The number of hydrogen-bond acceptors (Lipinski definition) is 5. The molecular formula is C12H16N2O3. The maximum absolute atomic E-state index is 11.3. The fraction of sp³-hybridized carbons (Fsp3) is 0.417. The zero-order valence-electron chi connectivity index (χ0n) is 10.3. The number of carbonyl (C=O) groups is 1. The molecule has 0 amide bonds. The Hall–Kier alpha value is -1.91. The minimum absolute atomic E-state index is 0.0993. The van der Waals surface area contributed by atoms with Crippen molar-refractivity contribution in [3.8, 4) is 0 Å². The van der Waals surface area contributed by atoms with Crippen molar-refractivity contribution in [1.82, 2.24) is 10.1 Å². The van der Waals surface area contributed by atoms with Gasteiger partial charge in [-0.1, -0.05) is 23.4 Å². The molecule has 0 aliphatic carbocycles. The Morgan fingerprint density at radius 3 is 2.82 bits per heavy atom. The van der Waals surface area contributed by atoms with Crippen LogP contribution in [-0.2, 0) is 11.2 Å². The third-order valence-corrected chi connectivity index (χ3v) is 2.03. The normalized spacial score (nSPS) is 12.1. The summed E-state index contributed by atoms with van der Waals surface area (Å²) < 4.78 is 9.57. The molecule has 0 saturated heterocycles. The van der Waals surface area contributed by atoms with E-state index in [0.717, 1.165) is 5.57 Å². The predicted octanol–water partition coefficient (Wildman–Crippen LogP) is 2.31. The van der Waals surface area contributed by atoms with Gasteiger partial charge in [-0.25, -0.2) is 4.79 Å². The molecule has 1 aromatic rings. The molecule has 1 aromatic heterocycles. The van der Waals surface area contributed by atoms with Crippen molar-refractivity contribution >= 4 is 5.97 Å². The summed E-state index contributed by atoms with van der Waals surface area (Å²) in [5.74, 6) is -0.212. The zero-order chi connectivity index (χ0) is 12.7. The molecule has 0 bridgehead atoms. The van der Waals surface area contributed by atoms with Gasteiger partial charge in [0.05, 0.1) is 6.61 Å². The highest BCUT2D eigenvalue weighted by molar-refractivity contribution is 5.83. The van der Waals surface area contributed by atoms with E-state index in [4.69, 9.17) is 9.26 Å². The molecule has 0 radical (unpaired) electrons. The minimum atomic E-state index is -0.584. The first-order valence-corrected chi connectivity index (χ1v) is 5.48. The van der Waals surface area contributed by atoms with Crippen LogP contribution in [0.2, 0.25) is 0 Å². The molecule has 0 unspecified atom stereocenters. The first-order valence-electron chi connectivity index (χ1n) is 5.48. The number of rotatable bonds is 5. The second kappa shape index (κ2) is 6.62. The summed E-state index contributed by atoms with van der Waals surface area (Å²) in [5.41, 5.74) is 1.06. The van der Waals surface area contributed by atoms with Crippen LogP contribution in [-0.4, -0.2) is 22.7 Å². The molecule has 1 heterocycles. The van der Waals surface area contributed by atoms with Gasteiger partial charge in [0.1, 0.15) is 0 Å². The molecule has 0 aliphatic rings. The van der Waals surface area contributed by atoms with Crippen LogP contribution in [0.15, 0.2) is 28.3 Å². The van der Waals surface area contributed by atoms with E-state index in [1.165, 1.54) is 0 Å². The molecule has 0 fully saturated rings. The molecular weight excluding hydrogens is 220 g/mol. The van der Waals surface area contributed by atoms with E-state index in [2.05, 4.69) is 10.1 Å². The van der Waals surface area contributed by atoms with E-state index in [-0.39, 0.29) is 12.5 Å². The third kappa shape index (κ3) is 3.86. The molecule has 0 aromatic carbocycles. The van der Waals surface area contributed by atoms with Crippen LogP contribution < -0.4 is 0 Å². The van der Waals surface area contributed by atoms with E-state index >= 15 is 0 Å². The Morgan fingerprint density at radius 2 is 2.24 bits per heavy atom. The van der Waals surface area contributed by atoms with Crippen LogP contribution >= 0.6 is 0 Å². The monoisotopic (exact) mass is 236 g/mol. The topological polar surface area (TPSA) is 65.2 Å². The van der Waals surface area contributed by atoms with Crippen molar-refractivity contribution in [2.75, 3.05) is 6.61 Å². The average Bonchev–Trinajstić information content (AvgIpc) is 2.77. The fourth-order valence-electron chi connectivity index (χ4n) is 1.26. The zero-order valence-corrected chi connectivity index (χ0v) is 10.3. The lowest BCUT2D eigenvalue weighted by Gasteiger charge is -1.95. The predicted molar refractivity (Wildman–Crippen MR) is 62.5 cm³/mol. The van der Waals surface area contributed by atoms with Crippen LogP contribution in [0, 0.1) is 0 Å². The number of esters is 1. The SMILES string of the molecule is CC=CC(=CC)Cc1noc(C(=O)OCC)n1. The van der Waals surface area contributed by atoms with Crippen LogP contribution in [0.4, 0.5) is 0 Å². The minimum Gasteiger partial charge on any atom is -0.459 e. The third-order valence-electron chi connectivity index (χ3n) is 2.03. The summed E-state index contributed by atoms with van der Waals surface area (Å²) in [6, 6.07) is 0. The smallest absolute Gasteiger partial charge is 0.397 e. The maximum atomic E-state index is 11.3. The summed E-state index contributed by atoms with van der Waals surface area (Å²) in [7, 11) is 0.